The summed E-state index contributed by atoms with van der Waals surface area (Å²) >= 11 is 0. The Bertz CT molecular complexity index is 667. The van der Waals surface area contributed by atoms with Gasteiger partial charge in [0.15, 0.2) is 0 Å². The highest BCUT2D eigenvalue weighted by molar-refractivity contribution is 6.07. The first-order valence-corrected chi connectivity index (χ1v) is 5.35. The molecule has 0 spiro atoms. The van der Waals surface area contributed by atoms with Crippen LogP contribution in [0, 0.1) is 6.92 Å². The molecule has 2 aromatic heterocycles. The van der Waals surface area contributed by atoms with E-state index in [-0.39, 0.29) is 0 Å². The molecular weight excluding hydrogens is 198 g/mol. The highest BCUT2D eigenvalue weighted by Gasteiger charge is 2.05. The lowest BCUT2D eigenvalue weighted by atomic mass is 10.1. The van der Waals surface area contributed by atoms with Crippen LogP contribution in [0.1, 0.15) is 11.3 Å². The van der Waals surface area contributed by atoms with Crippen LogP contribution in [0.15, 0.2) is 30.5 Å². The van der Waals surface area contributed by atoms with Gasteiger partial charge in [-0.3, -0.25) is 4.98 Å². The molecule has 0 amide bonds. The van der Waals surface area contributed by atoms with Gasteiger partial charge >= 0.3 is 0 Å². The van der Waals surface area contributed by atoms with E-state index in [9.17, 15) is 0 Å². The summed E-state index contributed by atoms with van der Waals surface area (Å²) in [4.78, 5) is 7.64. The lowest BCUT2D eigenvalue weighted by Crippen LogP contribution is -1.98. The number of hydrogen-bond acceptors (Lipinski definition) is 2. The molecule has 0 saturated carbocycles. The fourth-order valence-corrected chi connectivity index (χ4v) is 2.07. The van der Waals surface area contributed by atoms with Crippen molar-refractivity contribution in [2.75, 3.05) is 0 Å². The quantitative estimate of drug-likeness (QED) is 0.649. The van der Waals surface area contributed by atoms with E-state index in [1.807, 2.05) is 6.20 Å². The molecule has 16 heavy (non-hydrogen) atoms. The number of aromatic amines is 1. The summed E-state index contributed by atoms with van der Waals surface area (Å²) in [5, 5.41) is 2.45. The van der Waals surface area contributed by atoms with Crippen LogP contribution in [0.5, 0.6) is 0 Å². The molecule has 1 aromatic carbocycles. The van der Waals surface area contributed by atoms with E-state index in [4.69, 9.17) is 5.73 Å². The van der Waals surface area contributed by atoms with Crippen LogP contribution in [0.3, 0.4) is 0 Å². The maximum atomic E-state index is 5.61. The summed E-state index contributed by atoms with van der Waals surface area (Å²) in [6.45, 7) is 2.58. The predicted octanol–water partition coefficient (Wildman–Crippen LogP) is 2.48. The number of aryl methyl sites for hydroxylation is 1. The first-order chi connectivity index (χ1) is 7.78. The molecule has 2 heterocycles. The molecule has 0 radical (unpaired) electrons. The van der Waals surface area contributed by atoms with Gasteiger partial charge in [-0.25, -0.2) is 0 Å². The van der Waals surface area contributed by atoms with E-state index >= 15 is 0 Å². The number of hydrogen-bond donors (Lipinski definition) is 2. The molecule has 3 heteroatoms. The minimum atomic E-state index is 0.481. The Morgan fingerprint density at radius 1 is 1.19 bits per heavy atom. The second kappa shape index (κ2) is 3.32. The minimum absolute atomic E-state index is 0.481. The lowest BCUT2D eigenvalue weighted by molar-refractivity contribution is 0.997. The Balaban J connectivity index is 2.44. The Kier molecular flexibility index (Phi) is 1.94. The van der Waals surface area contributed by atoms with Crippen molar-refractivity contribution < 1.29 is 0 Å². The minimum Gasteiger partial charge on any atom is -0.353 e. The average molecular weight is 211 g/mol. The monoisotopic (exact) mass is 211 g/mol. The van der Waals surface area contributed by atoms with Crippen molar-refractivity contribution in [2.24, 2.45) is 5.73 Å². The van der Waals surface area contributed by atoms with Gasteiger partial charge in [-0.1, -0.05) is 11.6 Å². The maximum absolute atomic E-state index is 5.61. The molecule has 0 aliphatic heterocycles. The normalized spacial score (nSPS) is 11.4. The van der Waals surface area contributed by atoms with Crippen LogP contribution in [-0.2, 0) is 6.54 Å². The summed E-state index contributed by atoms with van der Waals surface area (Å²) in [6.07, 6.45) is 1.85. The van der Waals surface area contributed by atoms with E-state index in [1.54, 1.807) is 0 Å². The third-order valence-electron chi connectivity index (χ3n) is 2.90. The molecule has 0 saturated heterocycles. The zero-order chi connectivity index (χ0) is 11.1. The Hall–Kier alpha value is -1.87. The van der Waals surface area contributed by atoms with E-state index < -0.39 is 0 Å². The van der Waals surface area contributed by atoms with Crippen LogP contribution in [0.4, 0.5) is 0 Å². The smallest absolute Gasteiger partial charge is 0.0651 e. The summed E-state index contributed by atoms with van der Waals surface area (Å²) in [5.41, 5.74) is 10.0. The standard InChI is InChI=1S/C13H13N3/c1-8-2-3-12-10(4-8)11-5-9(6-14)15-7-13(11)16-12/h2-5,7,16H,6,14H2,1H3. The van der Waals surface area contributed by atoms with Crippen molar-refractivity contribution >= 4 is 21.8 Å². The summed E-state index contributed by atoms with van der Waals surface area (Å²) in [7, 11) is 0. The molecule has 80 valence electrons. The topological polar surface area (TPSA) is 54.7 Å². The molecule has 0 fully saturated rings. The number of rotatable bonds is 1. The molecule has 0 aliphatic carbocycles. The molecule has 3 rings (SSSR count). The first kappa shape index (κ1) is 9.36. The average Bonchev–Trinajstić information content (AvgIpc) is 2.66. The van der Waals surface area contributed by atoms with Gasteiger partial charge in [-0.05, 0) is 25.1 Å². The Morgan fingerprint density at radius 3 is 2.81 bits per heavy atom. The third-order valence-corrected chi connectivity index (χ3v) is 2.90. The first-order valence-electron chi connectivity index (χ1n) is 5.35. The van der Waals surface area contributed by atoms with Crippen molar-refractivity contribution in [1.29, 1.82) is 0 Å². The van der Waals surface area contributed by atoms with Crippen LogP contribution in [0.2, 0.25) is 0 Å². The van der Waals surface area contributed by atoms with Gasteiger partial charge in [0.25, 0.3) is 0 Å². The third kappa shape index (κ3) is 1.29. The van der Waals surface area contributed by atoms with Crippen molar-refractivity contribution in [3.05, 3.63) is 41.7 Å². The van der Waals surface area contributed by atoms with E-state index in [2.05, 4.69) is 41.2 Å². The Labute approximate surface area is 93.3 Å². The van der Waals surface area contributed by atoms with Crippen molar-refractivity contribution in [2.45, 2.75) is 13.5 Å². The molecule has 3 nitrogen and oxygen atoms in total. The predicted molar refractivity (Wildman–Crippen MR) is 66.2 cm³/mol. The molecule has 0 unspecified atom stereocenters. The van der Waals surface area contributed by atoms with Gasteiger partial charge in [0, 0.05) is 22.8 Å². The molecular formula is C13H13N3. The van der Waals surface area contributed by atoms with Crippen LogP contribution < -0.4 is 5.73 Å². The molecule has 0 bridgehead atoms. The van der Waals surface area contributed by atoms with Crippen molar-refractivity contribution in [3.63, 3.8) is 0 Å². The number of benzene rings is 1. The van der Waals surface area contributed by atoms with Gasteiger partial charge in [0.1, 0.15) is 0 Å². The van der Waals surface area contributed by atoms with Crippen LogP contribution >= 0.6 is 0 Å². The van der Waals surface area contributed by atoms with Gasteiger partial charge < -0.3 is 10.7 Å². The fourth-order valence-electron chi connectivity index (χ4n) is 2.07. The van der Waals surface area contributed by atoms with Gasteiger partial charge in [0.05, 0.1) is 17.4 Å². The number of aromatic nitrogens is 2. The second-order valence-electron chi connectivity index (χ2n) is 4.10. The highest BCUT2D eigenvalue weighted by Crippen LogP contribution is 2.25. The van der Waals surface area contributed by atoms with Crippen molar-refractivity contribution in [1.82, 2.24) is 9.97 Å². The number of pyridine rings is 1. The summed E-state index contributed by atoms with van der Waals surface area (Å²) in [6, 6.07) is 8.46. The van der Waals surface area contributed by atoms with Gasteiger partial charge in [-0.15, -0.1) is 0 Å². The molecule has 3 N–H and O–H groups in total. The van der Waals surface area contributed by atoms with Crippen LogP contribution in [-0.4, -0.2) is 9.97 Å². The largest absolute Gasteiger partial charge is 0.353 e. The van der Waals surface area contributed by atoms with E-state index in [1.165, 1.54) is 16.3 Å². The van der Waals surface area contributed by atoms with Crippen molar-refractivity contribution in [3.8, 4) is 0 Å². The van der Waals surface area contributed by atoms with E-state index in [0.29, 0.717) is 6.54 Å². The zero-order valence-electron chi connectivity index (χ0n) is 9.12. The second-order valence-corrected chi connectivity index (χ2v) is 4.10. The molecule has 0 aliphatic rings. The Morgan fingerprint density at radius 2 is 2.00 bits per heavy atom. The fraction of sp³-hybridized carbons (Fsp3) is 0.154. The van der Waals surface area contributed by atoms with Gasteiger partial charge in [-0.2, -0.15) is 0 Å². The maximum Gasteiger partial charge on any atom is 0.0651 e. The molecule has 0 atom stereocenters. The summed E-state index contributed by atoms with van der Waals surface area (Å²) < 4.78 is 0. The number of nitrogens with two attached hydrogens (primary N) is 1. The van der Waals surface area contributed by atoms with Crippen LogP contribution in [0.25, 0.3) is 21.8 Å². The number of nitrogens with one attached hydrogen (secondary N) is 1. The van der Waals surface area contributed by atoms with E-state index in [0.717, 1.165) is 16.7 Å². The molecule has 3 aromatic rings. The number of nitrogens with zero attached hydrogens (tertiary/aromatic N) is 1. The number of H-pyrrole nitrogens is 1. The highest BCUT2D eigenvalue weighted by atomic mass is 14.8. The zero-order valence-corrected chi connectivity index (χ0v) is 9.12. The number of fused-ring (bicyclic) bond motifs is 3. The SMILES string of the molecule is Cc1ccc2[nH]c3cnc(CN)cc3c2c1. The summed E-state index contributed by atoms with van der Waals surface area (Å²) in [5.74, 6) is 0. The van der Waals surface area contributed by atoms with Gasteiger partial charge in [0.2, 0.25) is 0 Å². The lowest BCUT2D eigenvalue weighted by Gasteiger charge is -1.96.